The molecule has 0 unspecified atom stereocenters. The van der Waals surface area contributed by atoms with Crippen LogP contribution in [0.1, 0.15) is 45.9 Å². The number of rotatable bonds is 8. The Hall–Kier alpha value is -3.32. The molecule has 1 aliphatic heterocycles. The number of aromatic nitrogens is 1. The lowest BCUT2D eigenvalue weighted by Crippen LogP contribution is -2.47. The molecule has 0 radical (unpaired) electrons. The summed E-state index contributed by atoms with van der Waals surface area (Å²) in [5.74, 6) is -0.237. The minimum absolute atomic E-state index is 0.0807. The van der Waals surface area contributed by atoms with Gasteiger partial charge in [0.1, 0.15) is 17.5 Å². The fourth-order valence-electron chi connectivity index (χ4n) is 4.59. The molecule has 1 fully saturated rings. The zero-order chi connectivity index (χ0) is 24.1. The van der Waals surface area contributed by atoms with Gasteiger partial charge in [0.05, 0.1) is 5.56 Å². The van der Waals surface area contributed by atoms with Crippen molar-refractivity contribution in [1.29, 1.82) is 0 Å². The van der Waals surface area contributed by atoms with Gasteiger partial charge < -0.3 is 10.6 Å². The van der Waals surface area contributed by atoms with Crippen LogP contribution in [0.2, 0.25) is 0 Å². The van der Waals surface area contributed by atoms with E-state index in [-0.39, 0.29) is 17.6 Å². The van der Waals surface area contributed by atoms with Crippen LogP contribution in [0.25, 0.3) is 0 Å². The van der Waals surface area contributed by atoms with Crippen LogP contribution in [0.15, 0.2) is 60.7 Å². The molecule has 7 heteroatoms. The van der Waals surface area contributed by atoms with Crippen molar-refractivity contribution < 1.29 is 13.6 Å². The van der Waals surface area contributed by atoms with Gasteiger partial charge in [-0.25, -0.2) is 13.8 Å². The van der Waals surface area contributed by atoms with Gasteiger partial charge in [-0.15, -0.1) is 0 Å². The summed E-state index contributed by atoms with van der Waals surface area (Å²) in [6.07, 6.45) is 1.83. The lowest BCUT2D eigenvalue weighted by Gasteiger charge is -2.36. The molecule has 2 N–H and O–H groups in total. The van der Waals surface area contributed by atoms with Crippen molar-refractivity contribution in [2.24, 2.45) is 5.73 Å². The molecule has 4 rings (SSSR count). The van der Waals surface area contributed by atoms with Crippen molar-refractivity contribution >= 4 is 11.7 Å². The van der Waals surface area contributed by atoms with Crippen LogP contribution >= 0.6 is 0 Å². The molecule has 5 nitrogen and oxygen atoms in total. The van der Waals surface area contributed by atoms with Crippen molar-refractivity contribution in [2.75, 3.05) is 37.6 Å². The Morgan fingerprint density at radius 2 is 1.47 bits per heavy atom. The van der Waals surface area contributed by atoms with Crippen molar-refractivity contribution in [1.82, 2.24) is 9.88 Å². The molecule has 0 aliphatic carbocycles. The molecule has 2 aromatic carbocycles. The number of hydrogen-bond donors (Lipinski definition) is 1. The first-order valence-corrected chi connectivity index (χ1v) is 11.7. The molecule has 0 saturated carbocycles. The SMILES string of the molecule is Cc1ccc(C(N)=O)c(N2CCN(CCCC(c3ccc(F)cc3)c3ccc(F)cc3)CC2)n1. The van der Waals surface area contributed by atoms with E-state index in [2.05, 4.69) is 14.8 Å². The summed E-state index contributed by atoms with van der Waals surface area (Å²) in [6, 6.07) is 16.7. The van der Waals surface area contributed by atoms with Gasteiger partial charge in [0.15, 0.2) is 0 Å². The Kier molecular flexibility index (Phi) is 7.53. The first-order chi connectivity index (χ1) is 16.4. The molecule has 2 heterocycles. The normalized spacial score (nSPS) is 14.5. The molecule has 1 amide bonds. The van der Waals surface area contributed by atoms with Gasteiger partial charge in [-0.05, 0) is 73.8 Å². The molecule has 34 heavy (non-hydrogen) atoms. The second-order valence-electron chi connectivity index (χ2n) is 8.81. The van der Waals surface area contributed by atoms with E-state index >= 15 is 0 Å². The number of halogens is 2. The van der Waals surface area contributed by atoms with Gasteiger partial charge in [0.25, 0.3) is 5.91 Å². The second kappa shape index (κ2) is 10.7. The summed E-state index contributed by atoms with van der Waals surface area (Å²) in [5, 5.41) is 0. The molecule has 0 spiro atoms. The Morgan fingerprint density at radius 3 is 2.00 bits per heavy atom. The zero-order valence-electron chi connectivity index (χ0n) is 19.4. The van der Waals surface area contributed by atoms with E-state index in [0.717, 1.165) is 62.4 Å². The molecular formula is C27H30F2N4O. The van der Waals surface area contributed by atoms with Crippen molar-refractivity contribution in [3.8, 4) is 0 Å². The average molecular weight is 465 g/mol. The summed E-state index contributed by atoms with van der Waals surface area (Å²) < 4.78 is 26.9. The number of anilines is 1. The van der Waals surface area contributed by atoms with Crippen LogP contribution in [0, 0.1) is 18.6 Å². The number of piperazine rings is 1. The summed E-state index contributed by atoms with van der Waals surface area (Å²) in [7, 11) is 0. The quantitative estimate of drug-likeness (QED) is 0.533. The number of nitrogens with two attached hydrogens (primary N) is 1. The lowest BCUT2D eigenvalue weighted by molar-refractivity contribution is 0.1000. The predicted octanol–water partition coefficient (Wildman–Crippen LogP) is 4.50. The lowest BCUT2D eigenvalue weighted by atomic mass is 9.87. The smallest absolute Gasteiger partial charge is 0.252 e. The number of hydrogen-bond acceptors (Lipinski definition) is 4. The first-order valence-electron chi connectivity index (χ1n) is 11.7. The van der Waals surface area contributed by atoms with E-state index in [4.69, 9.17) is 5.73 Å². The van der Waals surface area contributed by atoms with Crippen LogP contribution in [0.4, 0.5) is 14.6 Å². The predicted molar refractivity (Wildman–Crippen MR) is 130 cm³/mol. The van der Waals surface area contributed by atoms with E-state index in [9.17, 15) is 13.6 Å². The van der Waals surface area contributed by atoms with Gasteiger partial charge in [-0.2, -0.15) is 0 Å². The number of nitrogens with zero attached hydrogens (tertiary/aromatic N) is 3. The number of carbonyl (C=O) groups excluding carboxylic acids is 1. The van der Waals surface area contributed by atoms with E-state index in [1.807, 2.05) is 31.2 Å². The Morgan fingerprint density at radius 1 is 0.912 bits per heavy atom. The highest BCUT2D eigenvalue weighted by atomic mass is 19.1. The third-order valence-electron chi connectivity index (χ3n) is 6.46. The summed E-state index contributed by atoms with van der Waals surface area (Å²) >= 11 is 0. The van der Waals surface area contributed by atoms with Gasteiger partial charge in [0.2, 0.25) is 0 Å². The number of pyridine rings is 1. The van der Waals surface area contributed by atoms with Crippen LogP contribution in [0.3, 0.4) is 0 Å². The molecule has 1 aromatic heterocycles. The number of benzene rings is 2. The Balaban J connectivity index is 1.36. The fraction of sp³-hybridized carbons (Fsp3) is 0.333. The average Bonchev–Trinajstić information content (AvgIpc) is 2.83. The van der Waals surface area contributed by atoms with Crippen molar-refractivity contribution in [3.63, 3.8) is 0 Å². The van der Waals surface area contributed by atoms with Gasteiger partial charge in [0, 0.05) is 37.8 Å². The molecule has 0 bridgehead atoms. The standard InChI is InChI=1S/C27H30F2N4O/c1-19-4-13-25(26(30)34)27(31-19)33-17-15-32(16-18-33)14-2-3-24(20-5-9-22(28)10-6-20)21-7-11-23(29)12-8-21/h4-13,24H,2-3,14-18H2,1H3,(H2,30,34). The molecule has 3 aromatic rings. The van der Waals surface area contributed by atoms with E-state index in [1.165, 1.54) is 24.3 Å². The van der Waals surface area contributed by atoms with Gasteiger partial charge >= 0.3 is 0 Å². The van der Waals surface area contributed by atoms with Crippen LogP contribution in [-0.4, -0.2) is 48.5 Å². The maximum atomic E-state index is 13.5. The highest BCUT2D eigenvalue weighted by Gasteiger charge is 2.22. The molecule has 178 valence electrons. The summed E-state index contributed by atoms with van der Waals surface area (Å²) in [4.78, 5) is 20.9. The van der Waals surface area contributed by atoms with Crippen LogP contribution in [0.5, 0.6) is 0 Å². The molecule has 1 saturated heterocycles. The van der Waals surface area contributed by atoms with Crippen molar-refractivity contribution in [2.45, 2.75) is 25.7 Å². The summed E-state index contributed by atoms with van der Waals surface area (Å²) in [5.41, 5.74) is 8.92. The van der Waals surface area contributed by atoms with Gasteiger partial charge in [-0.1, -0.05) is 24.3 Å². The number of primary amides is 1. The highest BCUT2D eigenvalue weighted by molar-refractivity contribution is 5.97. The van der Waals surface area contributed by atoms with E-state index in [0.29, 0.717) is 11.4 Å². The van der Waals surface area contributed by atoms with Gasteiger partial charge in [-0.3, -0.25) is 9.69 Å². The Bertz CT molecular complexity index is 1060. The second-order valence-corrected chi connectivity index (χ2v) is 8.81. The fourth-order valence-corrected chi connectivity index (χ4v) is 4.59. The topological polar surface area (TPSA) is 62.5 Å². The highest BCUT2D eigenvalue weighted by Crippen LogP contribution is 2.30. The number of aryl methyl sites for hydroxylation is 1. The minimum Gasteiger partial charge on any atom is -0.365 e. The minimum atomic E-state index is -0.461. The number of carbonyl (C=O) groups is 1. The molecular weight excluding hydrogens is 434 g/mol. The monoisotopic (exact) mass is 464 g/mol. The van der Waals surface area contributed by atoms with Crippen LogP contribution < -0.4 is 10.6 Å². The Labute approximate surface area is 199 Å². The number of amides is 1. The third kappa shape index (κ3) is 5.78. The third-order valence-corrected chi connectivity index (χ3v) is 6.46. The maximum absolute atomic E-state index is 13.5. The summed E-state index contributed by atoms with van der Waals surface area (Å²) in [6.45, 7) is 6.11. The molecule has 0 atom stereocenters. The van der Waals surface area contributed by atoms with Crippen molar-refractivity contribution in [3.05, 3.63) is 94.7 Å². The zero-order valence-corrected chi connectivity index (χ0v) is 19.4. The molecule has 1 aliphatic rings. The van der Waals surface area contributed by atoms with Crippen LogP contribution in [-0.2, 0) is 0 Å². The largest absolute Gasteiger partial charge is 0.365 e. The van der Waals surface area contributed by atoms with E-state index in [1.54, 1.807) is 12.1 Å². The van der Waals surface area contributed by atoms with E-state index < -0.39 is 5.91 Å². The first kappa shape index (κ1) is 23.8. The maximum Gasteiger partial charge on any atom is 0.252 e.